The van der Waals surface area contributed by atoms with Crippen LogP contribution in [0.25, 0.3) is 0 Å². The van der Waals surface area contributed by atoms with Crippen LogP contribution >= 0.6 is 0 Å². The Bertz CT molecular complexity index is 518. The van der Waals surface area contributed by atoms with E-state index in [0.29, 0.717) is 4.57 Å². The number of aromatic nitrogens is 1. The van der Waals surface area contributed by atoms with Crippen LogP contribution in [0.15, 0.2) is 16.9 Å². The van der Waals surface area contributed by atoms with Crippen molar-refractivity contribution in [1.29, 1.82) is 0 Å². The van der Waals surface area contributed by atoms with Crippen molar-refractivity contribution in [2.75, 3.05) is 5.32 Å². The van der Waals surface area contributed by atoms with Gasteiger partial charge >= 0.3 is 6.18 Å². The molecule has 1 aromatic rings. The third-order valence-electron chi connectivity index (χ3n) is 2.38. The van der Waals surface area contributed by atoms with E-state index >= 15 is 0 Å². The molecule has 0 aliphatic rings. The van der Waals surface area contributed by atoms with Gasteiger partial charge in [-0.25, -0.2) is 0 Å². The van der Waals surface area contributed by atoms with Crippen LogP contribution in [0.3, 0.4) is 0 Å². The van der Waals surface area contributed by atoms with Gasteiger partial charge in [0.1, 0.15) is 11.4 Å². The molecule has 0 aliphatic heterocycles. The summed E-state index contributed by atoms with van der Waals surface area (Å²) in [4.78, 5) is 23.0. The van der Waals surface area contributed by atoms with Crippen molar-refractivity contribution >= 4 is 11.6 Å². The van der Waals surface area contributed by atoms with Crippen LogP contribution in [-0.4, -0.2) is 10.5 Å². The first-order valence-corrected chi connectivity index (χ1v) is 5.22. The SMILES string of the molecule is CC(C)C(=O)Nc1ccc(C(F)(F)F)n(C)c1=O. The molecule has 18 heavy (non-hydrogen) atoms. The maximum atomic E-state index is 12.5. The maximum Gasteiger partial charge on any atom is 0.431 e. The molecule has 0 fully saturated rings. The topological polar surface area (TPSA) is 51.1 Å². The molecule has 1 heterocycles. The normalized spacial score (nSPS) is 11.7. The van der Waals surface area contributed by atoms with E-state index in [4.69, 9.17) is 0 Å². The van der Waals surface area contributed by atoms with Crippen molar-refractivity contribution in [2.45, 2.75) is 20.0 Å². The molecular weight excluding hydrogens is 249 g/mol. The molecular formula is C11H13F3N2O2. The molecule has 100 valence electrons. The molecule has 0 radical (unpaired) electrons. The second-order valence-corrected chi connectivity index (χ2v) is 4.14. The number of rotatable bonds is 2. The molecule has 0 unspecified atom stereocenters. The van der Waals surface area contributed by atoms with E-state index in [1.807, 2.05) is 0 Å². The number of anilines is 1. The largest absolute Gasteiger partial charge is 0.431 e. The number of carbonyl (C=O) groups excluding carboxylic acids is 1. The second-order valence-electron chi connectivity index (χ2n) is 4.14. The lowest BCUT2D eigenvalue weighted by Crippen LogP contribution is -2.30. The number of nitrogens with zero attached hydrogens (tertiary/aromatic N) is 1. The summed E-state index contributed by atoms with van der Waals surface area (Å²) in [5, 5.41) is 2.29. The summed E-state index contributed by atoms with van der Waals surface area (Å²) in [6, 6.07) is 1.72. The summed E-state index contributed by atoms with van der Waals surface area (Å²) in [6.07, 6.45) is -4.60. The number of alkyl halides is 3. The van der Waals surface area contributed by atoms with Crippen molar-refractivity contribution in [3.63, 3.8) is 0 Å². The van der Waals surface area contributed by atoms with Crippen LogP contribution in [0.1, 0.15) is 19.5 Å². The van der Waals surface area contributed by atoms with Crippen molar-refractivity contribution in [3.05, 3.63) is 28.2 Å². The molecule has 7 heteroatoms. The quantitative estimate of drug-likeness (QED) is 0.886. The maximum absolute atomic E-state index is 12.5. The van der Waals surface area contributed by atoms with Crippen LogP contribution in [0.2, 0.25) is 0 Å². The van der Waals surface area contributed by atoms with E-state index < -0.39 is 23.3 Å². The molecule has 4 nitrogen and oxygen atoms in total. The summed E-state index contributed by atoms with van der Waals surface area (Å²) in [6.45, 7) is 3.23. The zero-order valence-electron chi connectivity index (χ0n) is 10.1. The van der Waals surface area contributed by atoms with Gasteiger partial charge in [0.2, 0.25) is 5.91 Å². The van der Waals surface area contributed by atoms with Gasteiger partial charge in [0, 0.05) is 13.0 Å². The molecule has 0 aromatic carbocycles. The number of hydrogen-bond donors (Lipinski definition) is 1. The fourth-order valence-corrected chi connectivity index (χ4v) is 1.29. The molecule has 0 saturated carbocycles. The molecule has 0 saturated heterocycles. The molecule has 0 aliphatic carbocycles. The average molecular weight is 262 g/mol. The molecule has 1 aromatic heterocycles. The van der Waals surface area contributed by atoms with Crippen molar-refractivity contribution in [3.8, 4) is 0 Å². The van der Waals surface area contributed by atoms with Gasteiger partial charge in [-0.2, -0.15) is 13.2 Å². The Labute approximate surface area is 101 Å². The van der Waals surface area contributed by atoms with Crippen LogP contribution in [0, 0.1) is 5.92 Å². The number of pyridine rings is 1. The van der Waals surface area contributed by atoms with Crippen LogP contribution < -0.4 is 10.9 Å². The summed E-state index contributed by atoms with van der Waals surface area (Å²) in [5.41, 5.74) is -2.11. The van der Waals surface area contributed by atoms with Gasteiger partial charge in [-0.15, -0.1) is 0 Å². The van der Waals surface area contributed by atoms with Crippen LogP contribution in [0.5, 0.6) is 0 Å². The first-order chi connectivity index (χ1) is 8.14. The summed E-state index contributed by atoms with van der Waals surface area (Å²) >= 11 is 0. The Kier molecular flexibility index (Phi) is 3.83. The number of nitrogens with one attached hydrogen (secondary N) is 1. The van der Waals surface area contributed by atoms with E-state index in [2.05, 4.69) is 5.32 Å². The van der Waals surface area contributed by atoms with Gasteiger partial charge < -0.3 is 9.88 Å². The van der Waals surface area contributed by atoms with Gasteiger partial charge in [-0.3, -0.25) is 9.59 Å². The number of carbonyl (C=O) groups is 1. The molecule has 0 spiro atoms. The Morgan fingerprint density at radius 2 is 1.89 bits per heavy atom. The van der Waals surface area contributed by atoms with Gasteiger partial charge in [0.15, 0.2) is 0 Å². The van der Waals surface area contributed by atoms with E-state index in [-0.39, 0.29) is 11.6 Å². The van der Waals surface area contributed by atoms with Gasteiger partial charge in [0.25, 0.3) is 5.56 Å². The third-order valence-corrected chi connectivity index (χ3v) is 2.38. The molecule has 0 bridgehead atoms. The van der Waals surface area contributed by atoms with Gasteiger partial charge in [-0.05, 0) is 12.1 Å². The second kappa shape index (κ2) is 4.83. The number of amides is 1. The van der Waals surface area contributed by atoms with Crippen molar-refractivity contribution in [2.24, 2.45) is 13.0 Å². The highest BCUT2D eigenvalue weighted by Crippen LogP contribution is 2.28. The van der Waals surface area contributed by atoms with Gasteiger partial charge in [0.05, 0.1) is 0 Å². The monoisotopic (exact) mass is 262 g/mol. The first kappa shape index (κ1) is 14.3. The minimum atomic E-state index is -4.60. The van der Waals surface area contributed by atoms with E-state index in [9.17, 15) is 22.8 Å². The fourth-order valence-electron chi connectivity index (χ4n) is 1.29. The lowest BCUT2D eigenvalue weighted by atomic mass is 10.2. The van der Waals surface area contributed by atoms with E-state index in [1.165, 1.54) is 0 Å². The molecule has 1 N–H and O–H groups in total. The van der Waals surface area contributed by atoms with Crippen LogP contribution in [-0.2, 0) is 18.0 Å². The summed E-state index contributed by atoms with van der Waals surface area (Å²) in [7, 11) is 1.01. The first-order valence-electron chi connectivity index (χ1n) is 5.22. The Morgan fingerprint density at radius 1 is 1.33 bits per heavy atom. The standard InChI is InChI=1S/C11H13F3N2O2/c1-6(2)9(17)15-7-4-5-8(11(12,13)14)16(3)10(7)18/h4-6H,1-3H3,(H,15,17). The van der Waals surface area contributed by atoms with Gasteiger partial charge in [-0.1, -0.05) is 13.8 Å². The van der Waals surface area contributed by atoms with Crippen LogP contribution in [0.4, 0.5) is 18.9 Å². The lowest BCUT2D eigenvalue weighted by molar-refractivity contribution is -0.143. The number of halogens is 3. The Morgan fingerprint density at radius 3 is 2.33 bits per heavy atom. The lowest BCUT2D eigenvalue weighted by Gasteiger charge is -2.13. The highest BCUT2D eigenvalue weighted by Gasteiger charge is 2.33. The highest BCUT2D eigenvalue weighted by atomic mass is 19.4. The molecule has 0 atom stereocenters. The summed E-state index contributed by atoms with van der Waals surface area (Å²) < 4.78 is 38.0. The van der Waals surface area contributed by atoms with E-state index in [1.54, 1.807) is 13.8 Å². The smallest absolute Gasteiger partial charge is 0.321 e. The fraction of sp³-hybridized carbons (Fsp3) is 0.455. The van der Waals surface area contributed by atoms with Crippen molar-refractivity contribution in [1.82, 2.24) is 4.57 Å². The predicted octanol–water partition coefficient (Wildman–Crippen LogP) is 2.00. The average Bonchev–Trinajstić information content (AvgIpc) is 2.22. The summed E-state index contributed by atoms with van der Waals surface area (Å²) in [5.74, 6) is -0.788. The Hall–Kier alpha value is -1.79. The van der Waals surface area contributed by atoms with E-state index in [0.717, 1.165) is 19.2 Å². The predicted molar refractivity (Wildman–Crippen MR) is 60.2 cm³/mol. The molecule has 1 amide bonds. The molecule has 1 rings (SSSR count). The number of hydrogen-bond acceptors (Lipinski definition) is 2. The Balaban J connectivity index is 3.18. The minimum Gasteiger partial charge on any atom is -0.321 e. The highest BCUT2D eigenvalue weighted by molar-refractivity contribution is 5.91. The van der Waals surface area contributed by atoms with Crippen molar-refractivity contribution < 1.29 is 18.0 Å². The zero-order chi connectivity index (χ0) is 14.1. The minimum absolute atomic E-state index is 0.163. The third kappa shape index (κ3) is 2.91. The zero-order valence-corrected chi connectivity index (χ0v) is 10.1.